The van der Waals surface area contributed by atoms with E-state index in [0.717, 1.165) is 51.4 Å². The predicted octanol–water partition coefficient (Wildman–Crippen LogP) is 2.64. The second-order valence-electron chi connectivity index (χ2n) is 8.15. The van der Waals surface area contributed by atoms with Gasteiger partial charge in [0.25, 0.3) is 0 Å². The standard InChI is InChI=1S/C18H28O5/c19-12-11-13-15(22-17(20-13)7-3-1-4-8-17)16-14(12)21-18(23-16)9-5-2-6-10-18/h12-16,19H,1-11H2/t12-,13+,14+,15+,16+/m1/s1. The van der Waals surface area contributed by atoms with E-state index >= 15 is 0 Å². The van der Waals surface area contributed by atoms with Gasteiger partial charge >= 0.3 is 0 Å². The Hall–Kier alpha value is -0.200. The molecule has 2 saturated heterocycles. The monoisotopic (exact) mass is 324 g/mol. The number of hydrogen-bond donors (Lipinski definition) is 1. The lowest BCUT2D eigenvalue weighted by Crippen LogP contribution is -2.53. The Morgan fingerprint density at radius 3 is 1.78 bits per heavy atom. The van der Waals surface area contributed by atoms with Gasteiger partial charge < -0.3 is 24.1 Å². The van der Waals surface area contributed by atoms with Gasteiger partial charge in [-0.25, -0.2) is 0 Å². The smallest absolute Gasteiger partial charge is 0.169 e. The van der Waals surface area contributed by atoms with Crippen LogP contribution in [0.2, 0.25) is 0 Å². The number of aliphatic hydroxyl groups is 1. The minimum absolute atomic E-state index is 0.0494. The molecule has 2 heterocycles. The fourth-order valence-electron chi connectivity index (χ4n) is 5.39. The topological polar surface area (TPSA) is 57.2 Å². The Bertz CT molecular complexity index is 454. The number of ether oxygens (including phenoxy) is 4. The molecule has 0 aromatic rings. The number of rotatable bonds is 0. The van der Waals surface area contributed by atoms with Crippen molar-refractivity contribution in [1.29, 1.82) is 0 Å². The molecule has 0 bridgehead atoms. The summed E-state index contributed by atoms with van der Waals surface area (Å²) < 4.78 is 25.5. The summed E-state index contributed by atoms with van der Waals surface area (Å²) in [7, 11) is 0. The maximum absolute atomic E-state index is 10.6. The third-order valence-electron chi connectivity index (χ3n) is 6.52. The van der Waals surface area contributed by atoms with Crippen LogP contribution in [0.4, 0.5) is 0 Å². The van der Waals surface area contributed by atoms with E-state index in [9.17, 15) is 5.11 Å². The molecule has 0 radical (unpaired) electrons. The van der Waals surface area contributed by atoms with Crippen molar-refractivity contribution in [1.82, 2.24) is 0 Å². The Morgan fingerprint density at radius 2 is 1.13 bits per heavy atom. The van der Waals surface area contributed by atoms with Crippen LogP contribution in [0.3, 0.4) is 0 Å². The lowest BCUT2D eigenvalue weighted by Gasteiger charge is -2.34. The average Bonchev–Trinajstić information content (AvgIpc) is 3.08. The molecule has 5 atom stereocenters. The van der Waals surface area contributed by atoms with E-state index < -0.39 is 17.7 Å². The Morgan fingerprint density at radius 1 is 0.609 bits per heavy atom. The van der Waals surface area contributed by atoms with Gasteiger partial charge in [0, 0.05) is 32.1 Å². The zero-order valence-corrected chi connectivity index (χ0v) is 13.7. The lowest BCUT2D eigenvalue weighted by atomic mass is 9.87. The number of fused-ring (bicyclic) bond motifs is 3. The van der Waals surface area contributed by atoms with Crippen molar-refractivity contribution in [2.75, 3.05) is 0 Å². The summed E-state index contributed by atoms with van der Waals surface area (Å²) in [6, 6.07) is 0. The van der Waals surface area contributed by atoms with Gasteiger partial charge in [0.2, 0.25) is 0 Å². The van der Waals surface area contributed by atoms with E-state index in [-0.39, 0.29) is 24.4 Å². The fraction of sp³-hybridized carbons (Fsp3) is 1.00. The first-order chi connectivity index (χ1) is 11.2. The third-order valence-corrected chi connectivity index (χ3v) is 6.52. The summed E-state index contributed by atoms with van der Waals surface area (Å²) in [4.78, 5) is 0. The maximum Gasteiger partial charge on any atom is 0.169 e. The van der Waals surface area contributed by atoms with Gasteiger partial charge in [-0.3, -0.25) is 0 Å². The minimum atomic E-state index is -0.509. The highest BCUT2D eigenvalue weighted by molar-refractivity contribution is 5.05. The largest absolute Gasteiger partial charge is 0.390 e. The molecule has 0 aromatic heterocycles. The number of hydrogen-bond acceptors (Lipinski definition) is 5. The van der Waals surface area contributed by atoms with Crippen LogP contribution in [0, 0.1) is 0 Å². The molecule has 3 aliphatic carbocycles. The summed E-state index contributed by atoms with van der Waals surface area (Å²) in [6.45, 7) is 0. The predicted molar refractivity (Wildman–Crippen MR) is 81.7 cm³/mol. The summed E-state index contributed by atoms with van der Waals surface area (Å²) >= 11 is 0. The van der Waals surface area contributed by atoms with Crippen LogP contribution in [0.1, 0.15) is 70.6 Å². The second-order valence-corrected chi connectivity index (χ2v) is 8.15. The molecule has 0 unspecified atom stereocenters. The van der Waals surface area contributed by atoms with E-state index in [1.54, 1.807) is 0 Å². The van der Waals surface area contributed by atoms with Gasteiger partial charge in [0.15, 0.2) is 11.6 Å². The zero-order valence-electron chi connectivity index (χ0n) is 13.7. The lowest BCUT2D eigenvalue weighted by molar-refractivity contribution is -0.220. The first-order valence-corrected chi connectivity index (χ1v) is 9.58. The van der Waals surface area contributed by atoms with Crippen molar-refractivity contribution in [2.24, 2.45) is 0 Å². The molecule has 3 saturated carbocycles. The molecule has 5 nitrogen and oxygen atoms in total. The maximum atomic E-state index is 10.6. The van der Waals surface area contributed by atoms with Crippen LogP contribution in [-0.4, -0.2) is 47.2 Å². The van der Waals surface area contributed by atoms with E-state index in [2.05, 4.69) is 0 Å². The summed E-state index contributed by atoms with van der Waals surface area (Å²) in [5.74, 6) is -0.900. The molecule has 2 spiro atoms. The van der Waals surface area contributed by atoms with Gasteiger partial charge in [-0.05, 0) is 25.7 Å². The highest BCUT2D eigenvalue weighted by Crippen LogP contribution is 2.51. The minimum Gasteiger partial charge on any atom is -0.390 e. The third kappa shape index (κ3) is 2.39. The van der Waals surface area contributed by atoms with Crippen molar-refractivity contribution >= 4 is 0 Å². The first kappa shape index (κ1) is 15.1. The molecule has 5 rings (SSSR count). The normalized spacial score (nSPS) is 47.6. The molecule has 5 aliphatic rings. The van der Waals surface area contributed by atoms with Gasteiger partial charge in [0.1, 0.15) is 18.3 Å². The van der Waals surface area contributed by atoms with Crippen molar-refractivity contribution in [3.05, 3.63) is 0 Å². The highest BCUT2D eigenvalue weighted by Gasteiger charge is 2.62. The summed E-state index contributed by atoms with van der Waals surface area (Å²) in [5, 5.41) is 10.6. The van der Waals surface area contributed by atoms with E-state index in [4.69, 9.17) is 18.9 Å². The fourth-order valence-corrected chi connectivity index (χ4v) is 5.39. The van der Waals surface area contributed by atoms with Gasteiger partial charge in [0.05, 0.1) is 12.2 Å². The van der Waals surface area contributed by atoms with Crippen LogP contribution in [0.25, 0.3) is 0 Å². The van der Waals surface area contributed by atoms with Crippen LogP contribution < -0.4 is 0 Å². The quantitative estimate of drug-likeness (QED) is 0.742. The van der Waals surface area contributed by atoms with Crippen molar-refractivity contribution in [2.45, 2.75) is 113 Å². The summed E-state index contributed by atoms with van der Waals surface area (Å²) in [6.07, 6.45) is 10.5. The van der Waals surface area contributed by atoms with Crippen LogP contribution in [-0.2, 0) is 18.9 Å². The molecular weight excluding hydrogens is 296 g/mol. The average molecular weight is 324 g/mol. The Balaban J connectivity index is 1.38. The van der Waals surface area contributed by atoms with E-state index in [1.807, 2.05) is 0 Å². The zero-order chi connectivity index (χ0) is 15.5. The molecule has 2 aliphatic heterocycles. The van der Waals surface area contributed by atoms with Crippen molar-refractivity contribution in [3.63, 3.8) is 0 Å². The summed E-state index contributed by atoms with van der Waals surface area (Å²) in [5.41, 5.74) is 0. The number of aliphatic hydroxyl groups excluding tert-OH is 1. The molecule has 1 N–H and O–H groups in total. The Kier molecular flexibility index (Phi) is 3.54. The van der Waals surface area contributed by atoms with Gasteiger partial charge in [-0.15, -0.1) is 0 Å². The van der Waals surface area contributed by atoms with Crippen LogP contribution >= 0.6 is 0 Å². The highest BCUT2D eigenvalue weighted by atomic mass is 16.8. The molecule has 23 heavy (non-hydrogen) atoms. The first-order valence-electron chi connectivity index (χ1n) is 9.58. The van der Waals surface area contributed by atoms with Gasteiger partial charge in [-0.2, -0.15) is 0 Å². The molecule has 5 fully saturated rings. The molecule has 0 amide bonds. The van der Waals surface area contributed by atoms with Crippen molar-refractivity contribution in [3.8, 4) is 0 Å². The SMILES string of the molecule is O[C@@H]1C[C@@H]2OC3(CCCCC3)O[C@@H]2[C@H]2OC3(CCCCC3)O[C@H]21. The second kappa shape index (κ2) is 5.40. The molecular formula is C18H28O5. The Labute approximate surface area is 137 Å². The van der Waals surface area contributed by atoms with Crippen LogP contribution in [0.5, 0.6) is 0 Å². The van der Waals surface area contributed by atoms with E-state index in [1.165, 1.54) is 12.8 Å². The molecule has 130 valence electrons. The van der Waals surface area contributed by atoms with Crippen LogP contribution in [0.15, 0.2) is 0 Å². The molecule has 0 aromatic carbocycles. The van der Waals surface area contributed by atoms with Gasteiger partial charge in [-0.1, -0.05) is 12.8 Å². The van der Waals surface area contributed by atoms with Crippen molar-refractivity contribution < 1.29 is 24.1 Å². The molecule has 5 heteroatoms. The van der Waals surface area contributed by atoms with E-state index in [0.29, 0.717) is 6.42 Å².